The van der Waals surface area contributed by atoms with E-state index in [0.29, 0.717) is 18.7 Å². The number of carbonyl (C=O) groups excluding carboxylic acids is 2. The SMILES string of the molecule is CN(C)CC(=O)Nc1ccc2c(c1)[C@@H]1C[C@H](CC(=O)NCc3ccc(-c4ccccc4)cc3)O[C@H](CO)[C@@H]1O2. The average Bonchev–Trinajstić information content (AvgIpc) is 3.29. The second-order valence-electron chi connectivity index (χ2n) is 10.5. The Morgan fingerprint density at radius 1 is 0.974 bits per heavy atom. The standard InChI is InChI=1S/C31H35N3O5/c1-34(2)18-30(37)33-23-12-13-27-25(14-23)26-15-24(38-28(19-35)31(26)39-27)16-29(36)32-17-20-8-10-22(11-9-20)21-6-4-3-5-7-21/h3-14,24,26,28,31,35H,15-19H2,1-2H3,(H,32,36)(H,33,37)/t24-,26+,28-,31-/m1/s1. The maximum absolute atomic E-state index is 12.8. The molecule has 204 valence electrons. The molecule has 0 aliphatic carbocycles. The van der Waals surface area contributed by atoms with Crippen LogP contribution < -0.4 is 15.4 Å². The average molecular weight is 530 g/mol. The fourth-order valence-corrected chi connectivity index (χ4v) is 5.38. The third kappa shape index (κ3) is 6.47. The minimum Gasteiger partial charge on any atom is -0.487 e. The number of hydrogen-bond donors (Lipinski definition) is 3. The van der Waals surface area contributed by atoms with Crippen LogP contribution in [0.5, 0.6) is 5.75 Å². The molecule has 3 aromatic carbocycles. The Bertz CT molecular complexity index is 1300. The number of ether oxygens (including phenoxy) is 2. The third-order valence-corrected chi connectivity index (χ3v) is 7.21. The van der Waals surface area contributed by atoms with Crippen LogP contribution in [0.2, 0.25) is 0 Å². The van der Waals surface area contributed by atoms with Gasteiger partial charge in [0.2, 0.25) is 11.8 Å². The Labute approximate surface area is 228 Å². The van der Waals surface area contributed by atoms with Gasteiger partial charge in [-0.25, -0.2) is 0 Å². The Morgan fingerprint density at radius 3 is 2.44 bits per heavy atom. The number of benzene rings is 3. The van der Waals surface area contributed by atoms with Gasteiger partial charge in [0.15, 0.2) is 0 Å². The van der Waals surface area contributed by atoms with Crippen molar-refractivity contribution >= 4 is 17.5 Å². The number of carbonyl (C=O) groups is 2. The Morgan fingerprint density at radius 2 is 1.72 bits per heavy atom. The molecular weight excluding hydrogens is 494 g/mol. The fraction of sp³-hybridized carbons (Fsp3) is 0.355. The van der Waals surface area contributed by atoms with Crippen molar-refractivity contribution in [3.63, 3.8) is 0 Å². The highest BCUT2D eigenvalue weighted by Gasteiger charge is 2.46. The van der Waals surface area contributed by atoms with Crippen LogP contribution in [-0.4, -0.2) is 67.4 Å². The molecule has 1 fully saturated rings. The Hall–Kier alpha value is -3.72. The van der Waals surface area contributed by atoms with E-state index in [9.17, 15) is 14.7 Å². The molecule has 0 spiro atoms. The summed E-state index contributed by atoms with van der Waals surface area (Å²) in [6.07, 6.45) is -0.449. The van der Waals surface area contributed by atoms with Crippen LogP contribution in [0.1, 0.15) is 29.9 Å². The van der Waals surface area contributed by atoms with Gasteiger partial charge in [0.05, 0.1) is 25.7 Å². The molecule has 2 aliphatic heterocycles. The Balaban J connectivity index is 1.19. The molecule has 5 rings (SSSR count). The van der Waals surface area contributed by atoms with Crippen molar-refractivity contribution in [3.8, 4) is 16.9 Å². The van der Waals surface area contributed by atoms with Gasteiger partial charge in [0, 0.05) is 23.7 Å². The van der Waals surface area contributed by atoms with Crippen LogP contribution in [0, 0.1) is 0 Å². The summed E-state index contributed by atoms with van der Waals surface area (Å²) in [4.78, 5) is 26.9. The van der Waals surface area contributed by atoms with Crippen LogP contribution in [0.4, 0.5) is 5.69 Å². The quantitative estimate of drug-likeness (QED) is 0.392. The van der Waals surface area contributed by atoms with Gasteiger partial charge in [-0.15, -0.1) is 0 Å². The highest BCUT2D eigenvalue weighted by molar-refractivity contribution is 5.92. The van der Waals surface area contributed by atoms with Crippen LogP contribution in [0.3, 0.4) is 0 Å². The van der Waals surface area contributed by atoms with Gasteiger partial charge in [-0.1, -0.05) is 54.6 Å². The summed E-state index contributed by atoms with van der Waals surface area (Å²) in [6, 6.07) is 23.9. The van der Waals surface area contributed by atoms with E-state index in [-0.39, 0.29) is 49.5 Å². The molecular formula is C31H35N3O5. The summed E-state index contributed by atoms with van der Waals surface area (Å²) in [7, 11) is 3.69. The van der Waals surface area contributed by atoms with Gasteiger partial charge >= 0.3 is 0 Å². The topological polar surface area (TPSA) is 100 Å². The van der Waals surface area contributed by atoms with Crippen LogP contribution in [0.25, 0.3) is 11.1 Å². The highest BCUT2D eigenvalue weighted by atomic mass is 16.6. The van der Waals surface area contributed by atoms with Crippen molar-refractivity contribution in [2.45, 2.75) is 43.6 Å². The van der Waals surface area contributed by atoms with Gasteiger partial charge < -0.3 is 30.1 Å². The number of amides is 2. The number of aliphatic hydroxyl groups excluding tert-OH is 1. The zero-order chi connectivity index (χ0) is 27.4. The van der Waals surface area contributed by atoms with Crippen molar-refractivity contribution in [3.05, 3.63) is 83.9 Å². The molecule has 1 saturated heterocycles. The highest BCUT2D eigenvalue weighted by Crippen LogP contribution is 2.47. The van der Waals surface area contributed by atoms with E-state index in [1.165, 1.54) is 0 Å². The van der Waals surface area contributed by atoms with Gasteiger partial charge in [-0.2, -0.15) is 0 Å². The second kappa shape index (κ2) is 12.0. The lowest BCUT2D eigenvalue weighted by Crippen LogP contribution is -2.47. The van der Waals surface area contributed by atoms with E-state index < -0.39 is 6.10 Å². The van der Waals surface area contributed by atoms with E-state index in [4.69, 9.17) is 9.47 Å². The van der Waals surface area contributed by atoms with Gasteiger partial charge in [0.25, 0.3) is 0 Å². The number of nitrogens with one attached hydrogen (secondary N) is 2. The smallest absolute Gasteiger partial charge is 0.238 e. The Kier molecular flexibility index (Phi) is 8.26. The summed E-state index contributed by atoms with van der Waals surface area (Å²) in [5.74, 6) is 0.479. The minimum atomic E-state index is -0.536. The third-order valence-electron chi connectivity index (χ3n) is 7.21. The first-order chi connectivity index (χ1) is 18.9. The number of anilines is 1. The molecule has 8 heteroatoms. The number of fused-ring (bicyclic) bond motifs is 3. The first-order valence-corrected chi connectivity index (χ1v) is 13.3. The summed E-state index contributed by atoms with van der Waals surface area (Å²) in [6.45, 7) is 0.514. The van der Waals surface area contributed by atoms with Crippen LogP contribution >= 0.6 is 0 Å². The lowest BCUT2D eigenvalue weighted by atomic mass is 9.84. The lowest BCUT2D eigenvalue weighted by molar-refractivity contribution is -0.142. The monoisotopic (exact) mass is 529 g/mol. The molecule has 0 unspecified atom stereocenters. The van der Waals surface area contributed by atoms with E-state index in [2.05, 4.69) is 34.9 Å². The van der Waals surface area contributed by atoms with Crippen LogP contribution in [-0.2, 0) is 20.9 Å². The summed E-state index contributed by atoms with van der Waals surface area (Å²) in [5.41, 5.74) is 4.96. The van der Waals surface area contributed by atoms with E-state index >= 15 is 0 Å². The first-order valence-electron chi connectivity index (χ1n) is 13.3. The molecule has 2 amide bonds. The van der Waals surface area contributed by atoms with Crippen molar-refractivity contribution in [2.75, 3.05) is 32.6 Å². The van der Waals surface area contributed by atoms with Crippen molar-refractivity contribution in [2.24, 2.45) is 0 Å². The van der Waals surface area contributed by atoms with Gasteiger partial charge in [-0.05, 0) is 55.4 Å². The van der Waals surface area contributed by atoms with E-state index in [1.54, 1.807) is 0 Å². The summed E-state index contributed by atoms with van der Waals surface area (Å²) in [5, 5.41) is 15.9. The van der Waals surface area contributed by atoms with Gasteiger partial charge in [0.1, 0.15) is 18.0 Å². The minimum absolute atomic E-state index is 0.0417. The number of likely N-dealkylation sites (N-methyl/N-ethyl adjacent to an activating group) is 1. The lowest BCUT2D eigenvalue weighted by Gasteiger charge is -2.37. The van der Waals surface area contributed by atoms with Crippen molar-refractivity contribution in [1.82, 2.24) is 10.2 Å². The fourth-order valence-electron chi connectivity index (χ4n) is 5.38. The number of nitrogens with zero attached hydrogens (tertiary/aromatic N) is 1. The van der Waals surface area contributed by atoms with Crippen molar-refractivity contribution in [1.29, 1.82) is 0 Å². The number of rotatable bonds is 9. The molecule has 8 nitrogen and oxygen atoms in total. The predicted molar refractivity (Wildman–Crippen MR) is 149 cm³/mol. The summed E-state index contributed by atoms with van der Waals surface area (Å²) >= 11 is 0. The molecule has 3 N–H and O–H groups in total. The molecule has 0 aromatic heterocycles. The molecule has 2 aliphatic rings. The number of hydrogen-bond acceptors (Lipinski definition) is 6. The molecule has 39 heavy (non-hydrogen) atoms. The molecule has 0 saturated carbocycles. The zero-order valence-electron chi connectivity index (χ0n) is 22.3. The predicted octanol–water partition coefficient (Wildman–Crippen LogP) is 3.55. The molecule has 4 atom stereocenters. The second-order valence-corrected chi connectivity index (χ2v) is 10.5. The van der Waals surface area contributed by atoms with E-state index in [1.807, 2.05) is 67.5 Å². The largest absolute Gasteiger partial charge is 0.487 e. The van der Waals surface area contributed by atoms with Gasteiger partial charge in [-0.3, -0.25) is 9.59 Å². The maximum Gasteiger partial charge on any atom is 0.238 e. The molecule has 0 radical (unpaired) electrons. The van der Waals surface area contributed by atoms with Crippen LogP contribution in [0.15, 0.2) is 72.8 Å². The van der Waals surface area contributed by atoms with Crippen molar-refractivity contribution < 1.29 is 24.2 Å². The molecule has 0 bridgehead atoms. The number of aliphatic hydroxyl groups is 1. The van der Waals surface area contributed by atoms with E-state index in [0.717, 1.165) is 28.0 Å². The first kappa shape index (κ1) is 26.9. The molecule has 3 aromatic rings. The maximum atomic E-state index is 12.8. The zero-order valence-corrected chi connectivity index (χ0v) is 22.3. The molecule has 2 heterocycles. The normalized spacial score (nSPS) is 21.5. The summed E-state index contributed by atoms with van der Waals surface area (Å²) < 4.78 is 12.2.